The highest BCUT2D eigenvalue weighted by molar-refractivity contribution is 5.34. The van der Waals surface area contributed by atoms with Gasteiger partial charge in [0.1, 0.15) is 0 Å². The highest BCUT2D eigenvalue weighted by Crippen LogP contribution is 2.11. The molecule has 0 amide bonds. The van der Waals surface area contributed by atoms with Crippen molar-refractivity contribution in [2.24, 2.45) is 7.05 Å². The Morgan fingerprint density at radius 3 is 2.76 bits per heavy atom. The van der Waals surface area contributed by atoms with E-state index in [4.69, 9.17) is 4.74 Å². The maximum atomic E-state index is 12.2. The number of rotatable bonds is 6. The van der Waals surface area contributed by atoms with Gasteiger partial charge in [0.05, 0.1) is 12.7 Å². The third-order valence-corrected chi connectivity index (χ3v) is 5.24. The summed E-state index contributed by atoms with van der Waals surface area (Å²) in [7, 11) is 3.67. The molecule has 0 N–H and O–H groups in total. The standard InChI is InChI=1S/C18H31N5O2/c1-20-9-6-19-17(18(20)24)21(2)14-16-15-23(12-13-25-16)11-10-22-7-4-3-5-8-22/h6,9,16H,3-5,7-8,10-15H2,1-2H3/t16-/m1/s1. The molecule has 0 aromatic carbocycles. The van der Waals surface area contributed by atoms with E-state index in [9.17, 15) is 4.79 Å². The first-order valence-electron chi connectivity index (χ1n) is 9.42. The number of ether oxygens (including phenoxy) is 1. The van der Waals surface area contributed by atoms with Gasteiger partial charge in [-0.1, -0.05) is 6.42 Å². The molecule has 7 nitrogen and oxygen atoms in total. The molecule has 7 heteroatoms. The second-order valence-corrected chi connectivity index (χ2v) is 7.24. The van der Waals surface area contributed by atoms with Crippen molar-refractivity contribution in [3.8, 4) is 0 Å². The van der Waals surface area contributed by atoms with Gasteiger partial charge >= 0.3 is 0 Å². The van der Waals surface area contributed by atoms with Gasteiger partial charge in [-0.15, -0.1) is 0 Å². The zero-order valence-corrected chi connectivity index (χ0v) is 15.6. The van der Waals surface area contributed by atoms with Crippen molar-refractivity contribution in [2.45, 2.75) is 25.4 Å². The summed E-state index contributed by atoms with van der Waals surface area (Å²) in [5.74, 6) is 0.485. The lowest BCUT2D eigenvalue weighted by Gasteiger charge is -2.36. The van der Waals surface area contributed by atoms with Gasteiger partial charge in [-0.3, -0.25) is 9.69 Å². The van der Waals surface area contributed by atoms with Gasteiger partial charge in [0.25, 0.3) is 5.56 Å². The van der Waals surface area contributed by atoms with Crippen molar-refractivity contribution >= 4 is 5.82 Å². The van der Waals surface area contributed by atoms with Gasteiger partial charge in [-0.25, -0.2) is 4.98 Å². The SMILES string of the molecule is CN(C[C@@H]1CN(CCN2CCCCC2)CCO1)c1nccn(C)c1=O. The molecule has 1 aromatic heterocycles. The molecule has 2 saturated heterocycles. The van der Waals surface area contributed by atoms with Gasteiger partial charge in [0.2, 0.25) is 0 Å². The molecule has 25 heavy (non-hydrogen) atoms. The van der Waals surface area contributed by atoms with E-state index in [1.165, 1.54) is 32.4 Å². The number of anilines is 1. The summed E-state index contributed by atoms with van der Waals surface area (Å²) in [4.78, 5) is 23.4. The van der Waals surface area contributed by atoms with Gasteiger partial charge < -0.3 is 19.1 Å². The molecule has 0 unspecified atom stereocenters. The summed E-state index contributed by atoms with van der Waals surface area (Å²) in [6.07, 6.45) is 7.53. The highest BCUT2D eigenvalue weighted by Gasteiger charge is 2.23. The summed E-state index contributed by atoms with van der Waals surface area (Å²) in [6, 6.07) is 0. The predicted octanol–water partition coefficient (Wildman–Crippen LogP) is 0.403. The molecule has 0 spiro atoms. The fourth-order valence-electron chi connectivity index (χ4n) is 3.70. The lowest BCUT2D eigenvalue weighted by molar-refractivity contribution is -0.0262. The second-order valence-electron chi connectivity index (χ2n) is 7.24. The summed E-state index contributed by atoms with van der Waals surface area (Å²) in [5.41, 5.74) is -0.0669. The third-order valence-electron chi connectivity index (χ3n) is 5.24. The Hall–Kier alpha value is -1.44. The molecule has 0 bridgehead atoms. The number of aryl methyl sites for hydroxylation is 1. The highest BCUT2D eigenvalue weighted by atomic mass is 16.5. The number of nitrogens with zero attached hydrogens (tertiary/aromatic N) is 5. The fraction of sp³-hybridized carbons (Fsp3) is 0.778. The second kappa shape index (κ2) is 8.78. The van der Waals surface area contributed by atoms with Crippen LogP contribution in [-0.2, 0) is 11.8 Å². The Bertz CT molecular complexity index is 599. The minimum Gasteiger partial charge on any atom is -0.374 e. The third kappa shape index (κ3) is 5.03. The first-order chi connectivity index (χ1) is 12.1. The summed E-state index contributed by atoms with van der Waals surface area (Å²) in [6.45, 7) is 8.13. The van der Waals surface area contributed by atoms with E-state index < -0.39 is 0 Å². The van der Waals surface area contributed by atoms with Crippen LogP contribution in [0.25, 0.3) is 0 Å². The van der Waals surface area contributed by atoms with E-state index >= 15 is 0 Å². The summed E-state index contributed by atoms with van der Waals surface area (Å²) < 4.78 is 7.49. The Balaban J connectivity index is 1.49. The minimum atomic E-state index is -0.0669. The van der Waals surface area contributed by atoms with Crippen LogP contribution in [0.2, 0.25) is 0 Å². The summed E-state index contributed by atoms with van der Waals surface area (Å²) in [5, 5.41) is 0. The van der Waals surface area contributed by atoms with E-state index in [-0.39, 0.29) is 11.7 Å². The Morgan fingerprint density at radius 1 is 1.20 bits per heavy atom. The molecule has 0 aliphatic carbocycles. The van der Waals surface area contributed by atoms with E-state index in [2.05, 4.69) is 14.8 Å². The zero-order valence-electron chi connectivity index (χ0n) is 15.6. The number of hydrogen-bond acceptors (Lipinski definition) is 6. The Kier molecular flexibility index (Phi) is 6.45. The van der Waals surface area contributed by atoms with Crippen molar-refractivity contribution in [2.75, 3.05) is 64.4 Å². The van der Waals surface area contributed by atoms with Gasteiger partial charge in [-0.05, 0) is 25.9 Å². The minimum absolute atomic E-state index is 0.0669. The van der Waals surface area contributed by atoms with Crippen molar-refractivity contribution in [1.82, 2.24) is 19.4 Å². The van der Waals surface area contributed by atoms with Crippen LogP contribution >= 0.6 is 0 Å². The topological polar surface area (TPSA) is 53.8 Å². The van der Waals surface area contributed by atoms with Crippen molar-refractivity contribution in [3.63, 3.8) is 0 Å². The molecule has 140 valence electrons. The number of hydrogen-bond donors (Lipinski definition) is 0. The average Bonchev–Trinajstić information content (AvgIpc) is 2.63. The Labute approximate surface area is 150 Å². The number of morpholine rings is 1. The molecule has 0 saturated carbocycles. The predicted molar refractivity (Wildman–Crippen MR) is 99.2 cm³/mol. The maximum absolute atomic E-state index is 12.2. The van der Waals surface area contributed by atoms with Crippen molar-refractivity contribution in [3.05, 3.63) is 22.7 Å². The molecule has 3 heterocycles. The zero-order chi connectivity index (χ0) is 17.6. The van der Waals surface area contributed by atoms with Crippen LogP contribution in [0, 0.1) is 0 Å². The molecule has 1 atom stereocenters. The molecule has 3 rings (SSSR count). The van der Waals surface area contributed by atoms with E-state index in [0.29, 0.717) is 12.4 Å². The van der Waals surface area contributed by atoms with E-state index in [0.717, 1.165) is 32.8 Å². The van der Waals surface area contributed by atoms with Gasteiger partial charge in [0, 0.05) is 59.2 Å². The Morgan fingerprint density at radius 2 is 1.96 bits per heavy atom. The van der Waals surface area contributed by atoms with Crippen LogP contribution < -0.4 is 10.5 Å². The summed E-state index contributed by atoms with van der Waals surface area (Å²) >= 11 is 0. The smallest absolute Gasteiger partial charge is 0.293 e. The van der Waals surface area contributed by atoms with Gasteiger partial charge in [-0.2, -0.15) is 0 Å². The molecule has 2 fully saturated rings. The molecular weight excluding hydrogens is 318 g/mol. The molecular formula is C18H31N5O2. The van der Waals surface area contributed by atoms with Crippen LogP contribution in [-0.4, -0.2) is 84.9 Å². The number of likely N-dealkylation sites (tertiary alicyclic amines) is 1. The van der Waals surface area contributed by atoms with Crippen LogP contribution in [0.15, 0.2) is 17.2 Å². The lowest BCUT2D eigenvalue weighted by Crippen LogP contribution is -2.49. The van der Waals surface area contributed by atoms with Crippen molar-refractivity contribution < 1.29 is 4.74 Å². The average molecular weight is 349 g/mol. The van der Waals surface area contributed by atoms with E-state index in [1.807, 2.05) is 11.9 Å². The molecule has 2 aliphatic heterocycles. The van der Waals surface area contributed by atoms with Crippen LogP contribution in [0.5, 0.6) is 0 Å². The molecule has 1 aromatic rings. The van der Waals surface area contributed by atoms with Crippen LogP contribution in [0.1, 0.15) is 19.3 Å². The maximum Gasteiger partial charge on any atom is 0.293 e. The largest absolute Gasteiger partial charge is 0.374 e. The first kappa shape index (κ1) is 18.4. The van der Waals surface area contributed by atoms with Crippen LogP contribution in [0.4, 0.5) is 5.82 Å². The van der Waals surface area contributed by atoms with Gasteiger partial charge in [0.15, 0.2) is 5.82 Å². The lowest BCUT2D eigenvalue weighted by atomic mass is 10.1. The quantitative estimate of drug-likeness (QED) is 0.741. The fourth-order valence-corrected chi connectivity index (χ4v) is 3.70. The van der Waals surface area contributed by atoms with Crippen molar-refractivity contribution in [1.29, 1.82) is 0 Å². The number of piperidine rings is 1. The van der Waals surface area contributed by atoms with Crippen LogP contribution in [0.3, 0.4) is 0 Å². The monoisotopic (exact) mass is 349 g/mol. The molecule has 2 aliphatic rings. The number of likely N-dealkylation sites (N-methyl/N-ethyl adjacent to an activating group) is 1. The number of aromatic nitrogens is 2. The normalized spacial score (nSPS) is 22.9. The molecule has 0 radical (unpaired) electrons. The first-order valence-corrected chi connectivity index (χ1v) is 9.42. The van der Waals surface area contributed by atoms with E-state index in [1.54, 1.807) is 24.0 Å².